The van der Waals surface area contributed by atoms with Gasteiger partial charge < -0.3 is 10.6 Å². The number of quaternary nitrogens is 1. The van der Waals surface area contributed by atoms with Gasteiger partial charge in [0.15, 0.2) is 6.04 Å². The summed E-state index contributed by atoms with van der Waals surface area (Å²) in [6.07, 6.45) is 0. The maximum absolute atomic E-state index is 13.8. The number of carbonyl (C=O) groups is 1. The summed E-state index contributed by atoms with van der Waals surface area (Å²) in [5, 5.41) is 5.08. The van der Waals surface area contributed by atoms with Crippen LogP contribution < -0.4 is 10.6 Å². The molecule has 0 bridgehead atoms. The van der Waals surface area contributed by atoms with E-state index in [9.17, 15) is 13.6 Å². The summed E-state index contributed by atoms with van der Waals surface area (Å²) in [5.41, 5.74) is 0.998. The zero-order valence-electron chi connectivity index (χ0n) is 12.8. The third kappa shape index (κ3) is 4.74. The van der Waals surface area contributed by atoms with Gasteiger partial charge in [-0.05, 0) is 50.2 Å². The summed E-state index contributed by atoms with van der Waals surface area (Å²) in [6.45, 7) is 3.49. The molecule has 122 valence electrons. The van der Waals surface area contributed by atoms with Crippen LogP contribution in [-0.2, 0) is 4.79 Å². The number of anilines is 1. The van der Waals surface area contributed by atoms with Crippen LogP contribution in [0.1, 0.15) is 25.5 Å². The summed E-state index contributed by atoms with van der Waals surface area (Å²) >= 11 is 5.79. The van der Waals surface area contributed by atoms with Crippen molar-refractivity contribution in [3.8, 4) is 0 Å². The minimum atomic E-state index is -0.619. The fraction of sp³-hybridized carbons (Fsp3) is 0.235. The highest BCUT2D eigenvalue weighted by molar-refractivity contribution is 6.30. The molecule has 0 aliphatic carbocycles. The monoisotopic (exact) mass is 339 g/mol. The van der Waals surface area contributed by atoms with Gasteiger partial charge in [0, 0.05) is 22.3 Å². The molecule has 0 aromatic heterocycles. The molecule has 1 amide bonds. The molecule has 0 saturated carbocycles. The van der Waals surface area contributed by atoms with Gasteiger partial charge in [0.2, 0.25) is 0 Å². The first-order chi connectivity index (χ1) is 10.9. The molecule has 0 unspecified atom stereocenters. The van der Waals surface area contributed by atoms with Gasteiger partial charge in [-0.3, -0.25) is 4.79 Å². The number of nitrogens with one attached hydrogen (secondary N) is 1. The molecule has 6 heteroatoms. The topological polar surface area (TPSA) is 45.7 Å². The minimum absolute atomic E-state index is 0.207. The number of hydrogen-bond acceptors (Lipinski definition) is 1. The average Bonchev–Trinajstić information content (AvgIpc) is 2.49. The van der Waals surface area contributed by atoms with Gasteiger partial charge in [0.05, 0.1) is 0 Å². The smallest absolute Gasteiger partial charge is 0.282 e. The van der Waals surface area contributed by atoms with Crippen molar-refractivity contribution < 1.29 is 18.9 Å². The van der Waals surface area contributed by atoms with Crippen LogP contribution in [0.3, 0.4) is 0 Å². The van der Waals surface area contributed by atoms with Gasteiger partial charge in [0.25, 0.3) is 5.91 Å². The molecule has 0 spiro atoms. The Bertz CT molecular complexity index is 691. The molecule has 0 heterocycles. The van der Waals surface area contributed by atoms with Crippen LogP contribution in [0, 0.1) is 11.6 Å². The van der Waals surface area contributed by atoms with Crippen LogP contribution in [0.2, 0.25) is 5.02 Å². The van der Waals surface area contributed by atoms with Gasteiger partial charge >= 0.3 is 0 Å². The molecule has 0 aliphatic heterocycles. The predicted octanol–water partition coefficient (Wildman–Crippen LogP) is 3.27. The molecule has 3 nitrogen and oxygen atoms in total. The fourth-order valence-corrected chi connectivity index (χ4v) is 2.41. The van der Waals surface area contributed by atoms with E-state index in [0.717, 1.165) is 6.07 Å². The van der Waals surface area contributed by atoms with Crippen molar-refractivity contribution in [1.82, 2.24) is 0 Å². The zero-order chi connectivity index (χ0) is 17.0. The van der Waals surface area contributed by atoms with Crippen LogP contribution >= 0.6 is 11.6 Å². The van der Waals surface area contributed by atoms with E-state index >= 15 is 0 Å². The summed E-state index contributed by atoms with van der Waals surface area (Å²) in [7, 11) is 0. The molecule has 2 aromatic rings. The first-order valence-corrected chi connectivity index (χ1v) is 7.61. The standard InChI is InChI=1S/C17H17ClF2N2O/c1-10(15-8-5-13(19)9-16(15)20)21-11(2)17(23)22-14-6-3-12(18)4-7-14/h3-11,21H,1-2H3,(H,22,23)/p+1/t10-,11-/m0/s1. The lowest BCUT2D eigenvalue weighted by molar-refractivity contribution is -0.710. The summed E-state index contributed by atoms with van der Waals surface area (Å²) in [6, 6.07) is 9.47. The lowest BCUT2D eigenvalue weighted by Crippen LogP contribution is -2.91. The second-order valence-corrected chi connectivity index (χ2v) is 5.87. The summed E-state index contributed by atoms with van der Waals surface area (Å²) in [4.78, 5) is 12.2. The largest absolute Gasteiger partial charge is 0.330 e. The van der Waals surface area contributed by atoms with E-state index in [2.05, 4.69) is 5.32 Å². The van der Waals surface area contributed by atoms with E-state index in [1.54, 1.807) is 43.4 Å². The highest BCUT2D eigenvalue weighted by Gasteiger charge is 2.22. The van der Waals surface area contributed by atoms with Crippen LogP contribution in [0.15, 0.2) is 42.5 Å². The second-order valence-electron chi connectivity index (χ2n) is 5.43. The number of halogens is 3. The third-order valence-corrected chi connectivity index (χ3v) is 3.81. The van der Waals surface area contributed by atoms with Crippen molar-refractivity contribution >= 4 is 23.2 Å². The fourth-order valence-electron chi connectivity index (χ4n) is 2.28. The molecular formula is C17H18ClF2N2O+. The van der Waals surface area contributed by atoms with Gasteiger partial charge in [-0.15, -0.1) is 0 Å². The Morgan fingerprint density at radius 2 is 1.78 bits per heavy atom. The van der Waals surface area contributed by atoms with E-state index in [4.69, 9.17) is 11.6 Å². The Labute approximate surface area is 138 Å². The van der Waals surface area contributed by atoms with Crippen LogP contribution in [0.5, 0.6) is 0 Å². The first kappa shape index (κ1) is 17.4. The SMILES string of the molecule is C[C@H]([NH2+][C@@H](C)c1ccc(F)cc1F)C(=O)Nc1ccc(Cl)cc1. The normalized spacial score (nSPS) is 13.4. The number of amides is 1. The molecule has 3 N–H and O–H groups in total. The predicted molar refractivity (Wildman–Crippen MR) is 86.2 cm³/mol. The number of benzene rings is 2. The molecule has 0 saturated heterocycles. The minimum Gasteiger partial charge on any atom is -0.330 e. The summed E-state index contributed by atoms with van der Waals surface area (Å²) in [5.74, 6) is -1.44. The highest BCUT2D eigenvalue weighted by Crippen LogP contribution is 2.15. The van der Waals surface area contributed by atoms with Gasteiger partial charge in [-0.1, -0.05) is 11.6 Å². The van der Waals surface area contributed by atoms with Crippen molar-refractivity contribution in [1.29, 1.82) is 0 Å². The van der Waals surface area contributed by atoms with E-state index in [0.29, 0.717) is 16.3 Å². The zero-order valence-corrected chi connectivity index (χ0v) is 13.6. The number of rotatable bonds is 5. The van der Waals surface area contributed by atoms with Crippen LogP contribution in [0.25, 0.3) is 0 Å². The van der Waals surface area contributed by atoms with Crippen LogP contribution in [-0.4, -0.2) is 11.9 Å². The molecule has 0 fully saturated rings. The Balaban J connectivity index is 1.98. The molecule has 2 atom stereocenters. The Kier molecular flexibility index (Phi) is 5.69. The number of hydrogen-bond donors (Lipinski definition) is 2. The van der Waals surface area contributed by atoms with Gasteiger partial charge in [-0.25, -0.2) is 8.78 Å². The number of nitrogens with two attached hydrogens (primary N) is 1. The van der Waals surface area contributed by atoms with Crippen molar-refractivity contribution in [3.05, 3.63) is 64.7 Å². The van der Waals surface area contributed by atoms with E-state index in [1.165, 1.54) is 12.1 Å². The quantitative estimate of drug-likeness (QED) is 0.863. The molecule has 0 radical (unpaired) electrons. The number of carbonyl (C=O) groups excluding carboxylic acids is 1. The third-order valence-electron chi connectivity index (χ3n) is 3.56. The maximum Gasteiger partial charge on any atom is 0.282 e. The second kappa shape index (κ2) is 7.53. The Hall–Kier alpha value is -1.98. The van der Waals surface area contributed by atoms with E-state index in [-0.39, 0.29) is 11.9 Å². The Morgan fingerprint density at radius 3 is 2.39 bits per heavy atom. The van der Waals surface area contributed by atoms with Crippen molar-refractivity contribution in [3.63, 3.8) is 0 Å². The Morgan fingerprint density at radius 1 is 1.13 bits per heavy atom. The first-order valence-electron chi connectivity index (χ1n) is 7.23. The molecule has 2 rings (SSSR count). The van der Waals surface area contributed by atoms with E-state index in [1.807, 2.05) is 0 Å². The highest BCUT2D eigenvalue weighted by atomic mass is 35.5. The van der Waals surface area contributed by atoms with E-state index < -0.39 is 17.7 Å². The molecule has 0 aliphatic rings. The van der Waals surface area contributed by atoms with Crippen molar-refractivity contribution in [2.45, 2.75) is 25.9 Å². The lowest BCUT2D eigenvalue weighted by atomic mass is 10.1. The van der Waals surface area contributed by atoms with Crippen molar-refractivity contribution in [2.75, 3.05) is 5.32 Å². The molecular weight excluding hydrogens is 322 g/mol. The molecule has 2 aromatic carbocycles. The lowest BCUT2D eigenvalue weighted by Gasteiger charge is -2.17. The van der Waals surface area contributed by atoms with Crippen LogP contribution in [0.4, 0.5) is 14.5 Å². The maximum atomic E-state index is 13.8. The van der Waals surface area contributed by atoms with Gasteiger partial charge in [-0.2, -0.15) is 0 Å². The summed E-state index contributed by atoms with van der Waals surface area (Å²) < 4.78 is 26.7. The average molecular weight is 340 g/mol. The van der Waals surface area contributed by atoms with Gasteiger partial charge in [0.1, 0.15) is 17.7 Å². The molecule has 23 heavy (non-hydrogen) atoms. The van der Waals surface area contributed by atoms with Crippen molar-refractivity contribution in [2.24, 2.45) is 0 Å².